The van der Waals surface area contributed by atoms with Crippen molar-refractivity contribution in [3.8, 4) is 0 Å². The number of halogens is 1. The van der Waals surface area contributed by atoms with E-state index in [2.05, 4.69) is 39.5 Å². The van der Waals surface area contributed by atoms with E-state index in [9.17, 15) is 14.0 Å². The summed E-state index contributed by atoms with van der Waals surface area (Å²) < 4.78 is 13.3. The first-order chi connectivity index (χ1) is 16.1. The number of aromatic nitrogens is 1. The summed E-state index contributed by atoms with van der Waals surface area (Å²) in [7, 11) is 0. The molecule has 2 aliphatic rings. The van der Waals surface area contributed by atoms with Gasteiger partial charge in [0.2, 0.25) is 5.91 Å². The molecule has 7 heteroatoms. The van der Waals surface area contributed by atoms with Gasteiger partial charge in [-0.05, 0) is 37.0 Å². The van der Waals surface area contributed by atoms with Crippen LogP contribution in [0, 0.1) is 5.82 Å². The Kier molecular flexibility index (Phi) is 7.70. The number of carbonyl (C=O) groups is 2. The van der Waals surface area contributed by atoms with E-state index in [4.69, 9.17) is 0 Å². The van der Waals surface area contributed by atoms with Crippen molar-refractivity contribution in [2.24, 2.45) is 0 Å². The molecule has 1 saturated heterocycles. The van der Waals surface area contributed by atoms with Gasteiger partial charge in [-0.2, -0.15) is 0 Å². The van der Waals surface area contributed by atoms with Crippen molar-refractivity contribution in [3.63, 3.8) is 0 Å². The quantitative estimate of drug-likeness (QED) is 0.770. The van der Waals surface area contributed by atoms with Crippen LogP contribution in [0.3, 0.4) is 0 Å². The van der Waals surface area contributed by atoms with Crippen LogP contribution in [-0.4, -0.2) is 58.3 Å². The average Bonchev–Trinajstić information content (AvgIpc) is 2.85. The average molecular weight is 453 g/mol. The molecule has 1 N–H and O–H groups in total. The van der Waals surface area contributed by atoms with Crippen LogP contribution in [0.4, 0.5) is 4.39 Å². The maximum atomic E-state index is 13.3. The van der Waals surface area contributed by atoms with Gasteiger partial charge in [0, 0.05) is 44.7 Å². The third-order valence-corrected chi connectivity index (χ3v) is 6.95. The number of hydrogen-bond acceptors (Lipinski definition) is 4. The molecule has 1 aromatic carbocycles. The summed E-state index contributed by atoms with van der Waals surface area (Å²) in [6.45, 7) is 2.98. The smallest absolute Gasteiger partial charge is 0.272 e. The maximum Gasteiger partial charge on any atom is 0.272 e. The number of hydrogen-bond donors (Lipinski definition) is 1. The van der Waals surface area contributed by atoms with Crippen molar-refractivity contribution < 1.29 is 14.0 Å². The lowest BCUT2D eigenvalue weighted by Crippen LogP contribution is -2.52. The number of benzene rings is 1. The molecule has 2 fully saturated rings. The van der Waals surface area contributed by atoms with E-state index < -0.39 is 5.82 Å². The molecule has 1 saturated carbocycles. The van der Waals surface area contributed by atoms with Crippen molar-refractivity contribution in [1.29, 1.82) is 0 Å². The van der Waals surface area contributed by atoms with Crippen molar-refractivity contribution >= 4 is 11.8 Å². The van der Waals surface area contributed by atoms with Gasteiger partial charge in [0.25, 0.3) is 5.91 Å². The van der Waals surface area contributed by atoms with E-state index >= 15 is 0 Å². The summed E-state index contributed by atoms with van der Waals surface area (Å²) >= 11 is 0. The number of nitrogens with one attached hydrogen (secondary N) is 1. The van der Waals surface area contributed by atoms with Gasteiger partial charge in [-0.1, -0.05) is 49.6 Å². The third-order valence-electron chi connectivity index (χ3n) is 6.95. The van der Waals surface area contributed by atoms with Gasteiger partial charge in [0.05, 0.1) is 6.20 Å². The molecule has 0 atom stereocenters. The predicted octanol–water partition coefficient (Wildman–Crippen LogP) is 3.78. The first kappa shape index (κ1) is 23.4. The van der Waals surface area contributed by atoms with Crippen LogP contribution in [-0.2, 0) is 11.3 Å². The molecule has 0 unspecified atom stereocenters. The molecule has 6 nitrogen and oxygen atoms in total. The zero-order valence-electron chi connectivity index (χ0n) is 19.1. The summed E-state index contributed by atoms with van der Waals surface area (Å²) in [5, 5.41) is 3.04. The Labute approximate surface area is 195 Å². The second-order valence-electron chi connectivity index (χ2n) is 9.23. The molecule has 2 heterocycles. The summed E-state index contributed by atoms with van der Waals surface area (Å²) in [6, 6.07) is 13.1. The van der Waals surface area contributed by atoms with E-state index in [1.165, 1.54) is 24.1 Å². The highest BCUT2D eigenvalue weighted by atomic mass is 19.1. The largest absolute Gasteiger partial charge is 0.354 e. The second kappa shape index (κ2) is 10.9. The summed E-state index contributed by atoms with van der Waals surface area (Å²) in [5.74, 6) is -0.653. The zero-order valence-corrected chi connectivity index (χ0v) is 19.1. The highest BCUT2D eigenvalue weighted by Gasteiger charge is 2.40. The minimum atomic E-state index is -0.467. The molecule has 1 aliphatic heterocycles. The van der Waals surface area contributed by atoms with E-state index in [1.807, 2.05) is 6.07 Å². The normalized spacial score (nSPS) is 20.2. The van der Waals surface area contributed by atoms with Crippen molar-refractivity contribution in [2.45, 2.75) is 57.0 Å². The molecule has 4 rings (SSSR count). The number of nitrogens with zero attached hydrogens (tertiary/aromatic N) is 3. The maximum absolute atomic E-state index is 13.3. The minimum Gasteiger partial charge on any atom is -0.354 e. The third kappa shape index (κ3) is 5.96. The molecular weight excluding hydrogens is 419 g/mol. The van der Waals surface area contributed by atoms with Crippen LogP contribution in [0.1, 0.15) is 61.0 Å². The SMILES string of the molecule is O=C1CC2(CCCCC2)N(Cc2ccccc2)CCCN(C(=O)c2ccc(F)cn2)CCN1. The van der Waals surface area contributed by atoms with E-state index in [1.54, 1.807) is 4.90 Å². The fraction of sp³-hybridized carbons (Fsp3) is 0.500. The monoisotopic (exact) mass is 452 g/mol. The second-order valence-corrected chi connectivity index (χ2v) is 9.23. The lowest BCUT2D eigenvalue weighted by atomic mass is 9.77. The molecule has 2 aromatic rings. The fourth-order valence-corrected chi connectivity index (χ4v) is 5.23. The van der Waals surface area contributed by atoms with Crippen LogP contribution in [0.5, 0.6) is 0 Å². The molecule has 1 aliphatic carbocycles. The van der Waals surface area contributed by atoms with Crippen molar-refractivity contribution in [3.05, 3.63) is 65.7 Å². The lowest BCUT2D eigenvalue weighted by Gasteiger charge is -2.46. The Morgan fingerprint density at radius 2 is 1.79 bits per heavy atom. The Balaban J connectivity index is 1.55. The number of amides is 2. The van der Waals surface area contributed by atoms with Crippen LogP contribution < -0.4 is 5.32 Å². The Morgan fingerprint density at radius 1 is 1.00 bits per heavy atom. The van der Waals surface area contributed by atoms with Crippen LogP contribution in [0.2, 0.25) is 0 Å². The first-order valence-corrected chi connectivity index (χ1v) is 12.0. The van der Waals surface area contributed by atoms with Crippen molar-refractivity contribution in [1.82, 2.24) is 20.1 Å². The lowest BCUT2D eigenvalue weighted by molar-refractivity contribution is -0.125. The molecule has 0 bridgehead atoms. The molecule has 0 radical (unpaired) electrons. The molecule has 33 heavy (non-hydrogen) atoms. The van der Waals surface area contributed by atoms with E-state index in [-0.39, 0.29) is 23.0 Å². The summed E-state index contributed by atoms with van der Waals surface area (Å²) in [5.41, 5.74) is 1.32. The van der Waals surface area contributed by atoms with Gasteiger partial charge < -0.3 is 10.2 Å². The molecule has 176 valence electrons. The highest BCUT2D eigenvalue weighted by Crippen LogP contribution is 2.38. The van der Waals surface area contributed by atoms with Gasteiger partial charge in [0.15, 0.2) is 0 Å². The van der Waals surface area contributed by atoms with E-state index in [0.717, 1.165) is 51.4 Å². The molecular formula is C26H33FN4O2. The van der Waals surface area contributed by atoms with Crippen molar-refractivity contribution in [2.75, 3.05) is 26.2 Å². The molecule has 1 spiro atoms. The van der Waals surface area contributed by atoms with Gasteiger partial charge >= 0.3 is 0 Å². The standard InChI is InChI=1S/C26H33FN4O2/c27-22-10-11-23(29-19-22)25(33)30-15-7-16-31(20-21-8-3-1-4-9-21)26(12-5-2-6-13-26)18-24(32)28-14-17-30/h1,3-4,8-11,19H,2,5-7,12-18,20H2,(H,28,32). The van der Waals surface area contributed by atoms with Gasteiger partial charge in [-0.15, -0.1) is 0 Å². The zero-order chi connectivity index (χ0) is 23.1. The summed E-state index contributed by atoms with van der Waals surface area (Å²) in [6.07, 6.45) is 7.90. The molecule has 1 aromatic heterocycles. The first-order valence-electron chi connectivity index (χ1n) is 12.0. The number of rotatable bonds is 3. The topological polar surface area (TPSA) is 65.5 Å². The van der Waals surface area contributed by atoms with E-state index in [0.29, 0.717) is 26.1 Å². The van der Waals surface area contributed by atoms with Gasteiger partial charge in [0.1, 0.15) is 11.5 Å². The predicted molar refractivity (Wildman–Crippen MR) is 125 cm³/mol. The Morgan fingerprint density at radius 3 is 2.52 bits per heavy atom. The fourth-order valence-electron chi connectivity index (χ4n) is 5.23. The van der Waals surface area contributed by atoms with Crippen LogP contribution in [0.15, 0.2) is 48.7 Å². The summed E-state index contributed by atoms with van der Waals surface area (Å²) in [4.78, 5) is 34.2. The Hall–Kier alpha value is -2.80. The van der Waals surface area contributed by atoms with Crippen LogP contribution in [0.25, 0.3) is 0 Å². The number of carbonyl (C=O) groups excluding carboxylic acids is 2. The van der Waals surface area contributed by atoms with Crippen LogP contribution >= 0.6 is 0 Å². The van der Waals surface area contributed by atoms with Gasteiger partial charge in [-0.3, -0.25) is 14.5 Å². The molecule has 2 amide bonds. The number of pyridine rings is 1. The highest BCUT2D eigenvalue weighted by molar-refractivity contribution is 5.92. The van der Waals surface area contributed by atoms with Gasteiger partial charge in [-0.25, -0.2) is 9.37 Å². The minimum absolute atomic E-state index is 0.0455. The Bertz CT molecular complexity index is 929.